The zero-order chi connectivity index (χ0) is 23.7. The lowest BCUT2D eigenvalue weighted by Gasteiger charge is -2.26. The average Bonchev–Trinajstić information content (AvgIpc) is 3.39. The molecule has 5 rings (SSSR count). The van der Waals surface area contributed by atoms with E-state index in [1.165, 1.54) is 10.4 Å². The number of anilines is 2. The summed E-state index contributed by atoms with van der Waals surface area (Å²) >= 11 is 0. The molecule has 2 aliphatic heterocycles. The Morgan fingerprint density at radius 2 is 1.65 bits per heavy atom. The minimum absolute atomic E-state index is 0.131. The van der Waals surface area contributed by atoms with Crippen LogP contribution in [0.5, 0.6) is 0 Å². The van der Waals surface area contributed by atoms with Gasteiger partial charge in [0, 0.05) is 31.7 Å². The van der Waals surface area contributed by atoms with E-state index < -0.39 is 15.9 Å². The monoisotopic (exact) mass is 481 g/mol. The molecule has 1 amide bonds. The maximum absolute atomic E-state index is 13.3. The lowest BCUT2D eigenvalue weighted by molar-refractivity contribution is 0.0730. The van der Waals surface area contributed by atoms with E-state index in [4.69, 9.17) is 9.72 Å². The van der Waals surface area contributed by atoms with Gasteiger partial charge in [-0.1, -0.05) is 18.2 Å². The molecule has 0 bridgehead atoms. The van der Waals surface area contributed by atoms with E-state index >= 15 is 0 Å². The number of aryl methyl sites for hydroxylation is 1. The Hall–Kier alpha value is -3.08. The Balaban J connectivity index is 1.48. The summed E-state index contributed by atoms with van der Waals surface area (Å²) in [4.78, 5) is 25.0. The average molecular weight is 482 g/mol. The Morgan fingerprint density at radius 1 is 0.971 bits per heavy atom. The molecule has 3 aromatic rings. The molecule has 0 radical (unpaired) electrons. The van der Waals surface area contributed by atoms with Crippen molar-refractivity contribution in [2.24, 2.45) is 0 Å². The molecule has 9 nitrogen and oxygen atoms in total. The Bertz CT molecular complexity index is 1330. The Kier molecular flexibility index (Phi) is 6.20. The highest BCUT2D eigenvalue weighted by atomic mass is 32.2. The number of carbonyl (C=O) groups excluding carboxylic acids is 1. The fourth-order valence-electron chi connectivity index (χ4n) is 4.35. The van der Waals surface area contributed by atoms with Crippen LogP contribution in [0.2, 0.25) is 0 Å². The van der Waals surface area contributed by atoms with Crippen LogP contribution in [0.25, 0.3) is 11.0 Å². The van der Waals surface area contributed by atoms with Gasteiger partial charge in [0.1, 0.15) is 0 Å². The number of morpholine rings is 1. The summed E-state index contributed by atoms with van der Waals surface area (Å²) in [7, 11) is -3.73. The number of para-hydroxylation sites is 2. The van der Waals surface area contributed by atoms with Crippen molar-refractivity contribution in [3.63, 3.8) is 0 Å². The summed E-state index contributed by atoms with van der Waals surface area (Å²) in [6.45, 7) is 4.74. The second-order valence-corrected chi connectivity index (χ2v) is 10.4. The topological polar surface area (TPSA) is 105 Å². The summed E-state index contributed by atoms with van der Waals surface area (Å²) in [5, 5.41) is 2.89. The number of benzene rings is 2. The van der Waals surface area contributed by atoms with E-state index in [0.29, 0.717) is 49.0 Å². The van der Waals surface area contributed by atoms with Gasteiger partial charge in [-0.3, -0.25) is 4.79 Å². The van der Waals surface area contributed by atoms with E-state index in [2.05, 4.69) is 15.2 Å². The second-order valence-electron chi connectivity index (χ2n) is 8.53. The minimum atomic E-state index is -3.73. The highest BCUT2D eigenvalue weighted by Crippen LogP contribution is 2.29. The molecule has 0 atom stereocenters. The van der Waals surface area contributed by atoms with Gasteiger partial charge in [0.15, 0.2) is 11.6 Å². The highest BCUT2D eigenvalue weighted by Gasteiger charge is 2.29. The zero-order valence-electron chi connectivity index (χ0n) is 19.0. The van der Waals surface area contributed by atoms with Crippen LogP contribution in [0.3, 0.4) is 0 Å². The standard InChI is InChI=1S/C24H27N5O4S/c1-17-8-9-18(16-21(17)34(31,32)29-12-14-33-15-13-29)24(30)27-22-23(28-10-4-5-11-28)26-20-7-3-2-6-19(20)25-22/h2-3,6-9,16H,4-5,10-15H2,1H3,(H,25,27,30). The fraction of sp³-hybridized carbons (Fsp3) is 0.375. The van der Waals surface area contributed by atoms with Crippen molar-refractivity contribution in [3.05, 3.63) is 53.6 Å². The molecule has 178 valence electrons. The normalized spacial score (nSPS) is 17.3. The maximum atomic E-state index is 13.3. The van der Waals surface area contributed by atoms with E-state index in [1.807, 2.05) is 24.3 Å². The molecule has 0 spiro atoms. The second kappa shape index (κ2) is 9.28. The molecule has 0 aliphatic carbocycles. The number of hydrogen-bond acceptors (Lipinski definition) is 7. The number of rotatable bonds is 5. The molecule has 2 saturated heterocycles. The van der Waals surface area contributed by atoms with Gasteiger partial charge in [-0.15, -0.1) is 0 Å². The molecule has 1 aromatic heterocycles. The number of amides is 1. The smallest absolute Gasteiger partial charge is 0.256 e. The van der Waals surface area contributed by atoms with Crippen LogP contribution >= 0.6 is 0 Å². The first-order valence-corrected chi connectivity index (χ1v) is 12.9. The SMILES string of the molecule is Cc1ccc(C(=O)Nc2nc3ccccc3nc2N2CCCC2)cc1S(=O)(=O)N1CCOCC1. The van der Waals surface area contributed by atoms with Gasteiger partial charge in [-0.25, -0.2) is 18.4 Å². The zero-order valence-corrected chi connectivity index (χ0v) is 19.8. The van der Waals surface area contributed by atoms with Gasteiger partial charge >= 0.3 is 0 Å². The van der Waals surface area contributed by atoms with Gasteiger partial charge < -0.3 is 15.0 Å². The van der Waals surface area contributed by atoms with Crippen molar-refractivity contribution in [1.82, 2.24) is 14.3 Å². The lowest BCUT2D eigenvalue weighted by Crippen LogP contribution is -2.40. The first-order valence-electron chi connectivity index (χ1n) is 11.4. The molecular weight excluding hydrogens is 454 g/mol. The quantitative estimate of drug-likeness (QED) is 0.597. The fourth-order valence-corrected chi connectivity index (χ4v) is 6.01. The third kappa shape index (κ3) is 4.36. The number of hydrogen-bond donors (Lipinski definition) is 1. The number of carbonyl (C=O) groups is 1. The number of nitrogens with zero attached hydrogens (tertiary/aromatic N) is 4. The predicted molar refractivity (Wildman–Crippen MR) is 130 cm³/mol. The van der Waals surface area contributed by atoms with Gasteiger partial charge in [0.2, 0.25) is 10.0 Å². The summed E-state index contributed by atoms with van der Waals surface area (Å²) in [5.41, 5.74) is 2.28. The van der Waals surface area contributed by atoms with Gasteiger partial charge in [0.25, 0.3) is 5.91 Å². The largest absolute Gasteiger partial charge is 0.379 e. The highest BCUT2D eigenvalue weighted by molar-refractivity contribution is 7.89. The van der Waals surface area contributed by atoms with Crippen molar-refractivity contribution in [2.45, 2.75) is 24.7 Å². The third-order valence-electron chi connectivity index (χ3n) is 6.23. The molecule has 1 N–H and O–H groups in total. The van der Waals surface area contributed by atoms with Crippen LogP contribution in [-0.2, 0) is 14.8 Å². The molecule has 2 fully saturated rings. The first-order chi connectivity index (χ1) is 16.4. The molecule has 10 heteroatoms. The summed E-state index contributed by atoms with van der Waals surface area (Å²) in [6.07, 6.45) is 2.12. The van der Waals surface area contributed by atoms with Crippen LogP contribution in [0.15, 0.2) is 47.4 Å². The molecule has 3 heterocycles. The summed E-state index contributed by atoms with van der Waals surface area (Å²) < 4.78 is 33.1. The van der Waals surface area contributed by atoms with Gasteiger partial charge in [-0.2, -0.15) is 4.31 Å². The maximum Gasteiger partial charge on any atom is 0.256 e. The van der Waals surface area contributed by atoms with Gasteiger partial charge in [-0.05, 0) is 49.6 Å². The van der Waals surface area contributed by atoms with Crippen LogP contribution < -0.4 is 10.2 Å². The number of fused-ring (bicyclic) bond motifs is 1. The van der Waals surface area contributed by atoms with Crippen molar-refractivity contribution in [3.8, 4) is 0 Å². The summed E-state index contributed by atoms with van der Waals surface area (Å²) in [6, 6.07) is 12.3. The van der Waals surface area contributed by atoms with Crippen molar-refractivity contribution in [1.29, 1.82) is 0 Å². The molecule has 0 unspecified atom stereocenters. The van der Waals surface area contributed by atoms with E-state index in [0.717, 1.165) is 31.4 Å². The predicted octanol–water partition coefficient (Wildman–Crippen LogP) is 2.81. The number of sulfonamides is 1. The Labute approximate surface area is 198 Å². The van der Waals surface area contributed by atoms with Crippen LogP contribution in [0.4, 0.5) is 11.6 Å². The first kappa shape index (κ1) is 22.7. The Morgan fingerprint density at radius 3 is 2.35 bits per heavy atom. The van der Waals surface area contributed by atoms with E-state index in [9.17, 15) is 13.2 Å². The summed E-state index contributed by atoms with van der Waals surface area (Å²) in [5.74, 6) is 0.588. The lowest BCUT2D eigenvalue weighted by atomic mass is 10.1. The number of ether oxygens (including phenoxy) is 1. The van der Waals surface area contributed by atoms with Crippen LogP contribution in [0, 0.1) is 6.92 Å². The number of nitrogens with one attached hydrogen (secondary N) is 1. The third-order valence-corrected chi connectivity index (χ3v) is 8.27. The van der Waals surface area contributed by atoms with Crippen molar-refractivity contribution >= 4 is 38.6 Å². The van der Waals surface area contributed by atoms with Crippen LogP contribution in [-0.4, -0.2) is 68.0 Å². The van der Waals surface area contributed by atoms with E-state index in [1.54, 1.807) is 19.1 Å². The van der Waals surface area contributed by atoms with Gasteiger partial charge in [0.05, 0.1) is 29.1 Å². The molecule has 0 saturated carbocycles. The van der Waals surface area contributed by atoms with Crippen LogP contribution in [0.1, 0.15) is 28.8 Å². The van der Waals surface area contributed by atoms with Crippen molar-refractivity contribution in [2.75, 3.05) is 49.6 Å². The van der Waals surface area contributed by atoms with E-state index in [-0.39, 0.29) is 10.5 Å². The molecule has 2 aliphatic rings. The minimum Gasteiger partial charge on any atom is -0.379 e. The van der Waals surface area contributed by atoms with Crippen molar-refractivity contribution < 1.29 is 17.9 Å². The molecular formula is C24H27N5O4S. The molecule has 2 aromatic carbocycles. The molecule has 34 heavy (non-hydrogen) atoms. The number of aromatic nitrogens is 2.